The summed E-state index contributed by atoms with van der Waals surface area (Å²) in [4.78, 5) is 0. The second-order valence-electron chi connectivity index (χ2n) is 9.07. The van der Waals surface area contributed by atoms with Crippen molar-refractivity contribution in [1.82, 2.24) is 0 Å². The first-order chi connectivity index (χ1) is 14.5. The molecule has 0 aromatic heterocycles. The van der Waals surface area contributed by atoms with Gasteiger partial charge in [-0.3, -0.25) is 0 Å². The Hall–Kier alpha value is -2.52. The summed E-state index contributed by atoms with van der Waals surface area (Å²) in [5, 5.41) is 0. The van der Waals surface area contributed by atoms with E-state index in [0.717, 1.165) is 22.4 Å². The van der Waals surface area contributed by atoms with Crippen molar-refractivity contribution in [2.24, 2.45) is 5.41 Å². The van der Waals surface area contributed by atoms with Gasteiger partial charge in [0.1, 0.15) is 5.76 Å². The van der Waals surface area contributed by atoms with Crippen LogP contribution in [0.15, 0.2) is 92.9 Å². The summed E-state index contributed by atoms with van der Waals surface area (Å²) in [7, 11) is 0. The van der Waals surface area contributed by atoms with Gasteiger partial charge in [0, 0.05) is 17.8 Å². The second-order valence-corrected chi connectivity index (χ2v) is 9.87. The van der Waals surface area contributed by atoms with E-state index in [9.17, 15) is 0 Å². The Morgan fingerprint density at radius 3 is 2.23 bits per heavy atom. The summed E-state index contributed by atoms with van der Waals surface area (Å²) in [5.41, 5.74) is 10.9. The van der Waals surface area contributed by atoms with Crippen LogP contribution in [0.4, 0.5) is 0 Å². The molecule has 1 aliphatic heterocycles. The number of fused-ring (bicyclic) bond motifs is 4. The standard InChI is InChI=1S/C27H23BrO2/c1-15-12-21-20(13-22-26(25(21)28)30-14-29-22)23(15)27(2,3)24-18-10-6-4-8-16(18)17-9-5-7-11-19(17)24/h4-12,24H,13-14H2,1-3H3. The Labute approximate surface area is 185 Å². The van der Waals surface area contributed by atoms with Gasteiger partial charge in [-0.2, -0.15) is 0 Å². The minimum atomic E-state index is -0.0782. The van der Waals surface area contributed by atoms with Crippen LogP contribution in [0.2, 0.25) is 0 Å². The average Bonchev–Trinajstić information content (AvgIpc) is 3.42. The van der Waals surface area contributed by atoms with Gasteiger partial charge in [0.25, 0.3) is 0 Å². The SMILES string of the molecule is CC1=CC2=C(Br)C3=C(CC2=C1C(C)(C)C1c2ccccc2-c2ccccc21)OCO3. The van der Waals surface area contributed by atoms with E-state index in [1.165, 1.54) is 44.5 Å². The number of allylic oxidation sites excluding steroid dienone is 6. The highest BCUT2D eigenvalue weighted by Crippen LogP contribution is 2.59. The maximum Gasteiger partial charge on any atom is 0.230 e. The predicted octanol–water partition coefficient (Wildman–Crippen LogP) is 7.35. The van der Waals surface area contributed by atoms with Crippen molar-refractivity contribution in [1.29, 1.82) is 0 Å². The van der Waals surface area contributed by atoms with Gasteiger partial charge >= 0.3 is 0 Å². The van der Waals surface area contributed by atoms with Crippen molar-refractivity contribution in [3.63, 3.8) is 0 Å². The number of hydrogen-bond donors (Lipinski definition) is 0. The zero-order chi connectivity index (χ0) is 20.6. The summed E-state index contributed by atoms with van der Waals surface area (Å²) in [6, 6.07) is 17.8. The van der Waals surface area contributed by atoms with E-state index in [1.54, 1.807) is 0 Å². The largest absolute Gasteiger partial charge is 0.458 e. The molecule has 2 aromatic carbocycles. The lowest BCUT2D eigenvalue weighted by Gasteiger charge is -2.37. The van der Waals surface area contributed by atoms with Gasteiger partial charge in [-0.05, 0) is 67.4 Å². The van der Waals surface area contributed by atoms with E-state index in [2.05, 4.69) is 91.3 Å². The van der Waals surface area contributed by atoms with Crippen LogP contribution in [0.5, 0.6) is 0 Å². The molecule has 0 spiro atoms. The quantitative estimate of drug-likeness (QED) is 0.468. The van der Waals surface area contributed by atoms with Crippen LogP contribution in [0.1, 0.15) is 44.2 Å². The van der Waals surface area contributed by atoms with E-state index < -0.39 is 0 Å². The fraction of sp³-hybridized carbons (Fsp3) is 0.259. The minimum absolute atomic E-state index is 0.0782. The van der Waals surface area contributed by atoms with Crippen LogP contribution in [-0.4, -0.2) is 6.79 Å². The Morgan fingerprint density at radius 2 is 1.57 bits per heavy atom. The minimum Gasteiger partial charge on any atom is -0.458 e. The highest BCUT2D eigenvalue weighted by Gasteiger charge is 2.45. The maximum absolute atomic E-state index is 5.81. The zero-order valence-corrected chi connectivity index (χ0v) is 19.0. The molecule has 0 bridgehead atoms. The van der Waals surface area contributed by atoms with Crippen LogP contribution < -0.4 is 0 Å². The lowest BCUT2D eigenvalue weighted by atomic mass is 9.66. The second kappa shape index (κ2) is 6.24. The average molecular weight is 459 g/mol. The molecular formula is C27H23BrO2. The number of ether oxygens (including phenoxy) is 2. The van der Waals surface area contributed by atoms with Gasteiger partial charge in [0.2, 0.25) is 6.79 Å². The summed E-state index contributed by atoms with van der Waals surface area (Å²) >= 11 is 3.80. The highest BCUT2D eigenvalue weighted by molar-refractivity contribution is 9.12. The van der Waals surface area contributed by atoms with E-state index >= 15 is 0 Å². The fourth-order valence-corrected chi connectivity index (χ4v) is 6.70. The van der Waals surface area contributed by atoms with Gasteiger partial charge in [0.05, 0.1) is 4.48 Å². The van der Waals surface area contributed by atoms with Crippen molar-refractivity contribution < 1.29 is 9.47 Å². The fourth-order valence-electron chi connectivity index (χ4n) is 6.01. The summed E-state index contributed by atoms with van der Waals surface area (Å²) in [6.07, 6.45) is 3.11. The van der Waals surface area contributed by atoms with Crippen molar-refractivity contribution in [2.75, 3.05) is 6.79 Å². The molecule has 2 aromatic rings. The highest BCUT2D eigenvalue weighted by atomic mass is 79.9. The van der Waals surface area contributed by atoms with Crippen LogP contribution in [0, 0.1) is 5.41 Å². The van der Waals surface area contributed by atoms with Crippen molar-refractivity contribution >= 4 is 15.9 Å². The predicted molar refractivity (Wildman–Crippen MR) is 123 cm³/mol. The Bertz CT molecular complexity index is 1190. The summed E-state index contributed by atoms with van der Waals surface area (Å²) in [6.45, 7) is 7.37. The topological polar surface area (TPSA) is 18.5 Å². The third kappa shape index (κ3) is 2.30. The molecule has 0 saturated heterocycles. The number of benzene rings is 2. The Balaban J connectivity index is 1.56. The molecule has 3 aliphatic carbocycles. The number of halogens is 1. The van der Waals surface area contributed by atoms with Crippen LogP contribution >= 0.6 is 15.9 Å². The van der Waals surface area contributed by atoms with Gasteiger partial charge in [-0.25, -0.2) is 0 Å². The molecule has 4 aliphatic rings. The summed E-state index contributed by atoms with van der Waals surface area (Å²) in [5.74, 6) is 2.13. The molecule has 0 radical (unpaired) electrons. The van der Waals surface area contributed by atoms with Crippen molar-refractivity contribution in [3.05, 3.63) is 104 Å². The first-order valence-electron chi connectivity index (χ1n) is 10.5. The molecule has 2 nitrogen and oxygen atoms in total. The van der Waals surface area contributed by atoms with Crippen molar-refractivity contribution in [2.45, 2.75) is 33.1 Å². The van der Waals surface area contributed by atoms with Crippen molar-refractivity contribution in [3.8, 4) is 11.1 Å². The number of rotatable bonds is 2. The molecule has 150 valence electrons. The van der Waals surface area contributed by atoms with Crippen LogP contribution in [0.25, 0.3) is 11.1 Å². The summed E-state index contributed by atoms with van der Waals surface area (Å²) < 4.78 is 12.6. The molecule has 0 saturated carbocycles. The Kier molecular flexibility index (Phi) is 3.80. The molecular weight excluding hydrogens is 436 g/mol. The van der Waals surface area contributed by atoms with E-state index in [4.69, 9.17) is 9.47 Å². The molecule has 6 rings (SSSR count). The maximum atomic E-state index is 5.81. The third-order valence-electron chi connectivity index (χ3n) is 7.04. The lowest BCUT2D eigenvalue weighted by Crippen LogP contribution is -2.26. The molecule has 0 fully saturated rings. The van der Waals surface area contributed by atoms with Crippen LogP contribution in [-0.2, 0) is 9.47 Å². The van der Waals surface area contributed by atoms with Gasteiger partial charge in [-0.1, -0.05) is 68.5 Å². The molecule has 0 N–H and O–H groups in total. The molecule has 1 heterocycles. The van der Waals surface area contributed by atoms with Crippen LogP contribution in [0.3, 0.4) is 0 Å². The molecule has 3 heteroatoms. The monoisotopic (exact) mass is 458 g/mol. The molecule has 0 amide bonds. The van der Waals surface area contributed by atoms with Gasteiger partial charge in [-0.15, -0.1) is 0 Å². The van der Waals surface area contributed by atoms with E-state index in [1.807, 2.05) is 0 Å². The van der Waals surface area contributed by atoms with E-state index in [0.29, 0.717) is 12.7 Å². The Morgan fingerprint density at radius 1 is 0.933 bits per heavy atom. The smallest absolute Gasteiger partial charge is 0.230 e. The molecule has 30 heavy (non-hydrogen) atoms. The third-order valence-corrected chi connectivity index (χ3v) is 7.83. The first-order valence-corrected chi connectivity index (χ1v) is 11.3. The molecule has 0 atom stereocenters. The first kappa shape index (κ1) is 18.3. The lowest BCUT2D eigenvalue weighted by molar-refractivity contribution is 0.0733. The van der Waals surface area contributed by atoms with E-state index in [-0.39, 0.29) is 5.41 Å². The zero-order valence-electron chi connectivity index (χ0n) is 17.4. The molecule has 0 unspecified atom stereocenters. The van der Waals surface area contributed by atoms with Gasteiger partial charge in [0.15, 0.2) is 5.76 Å². The van der Waals surface area contributed by atoms with Gasteiger partial charge < -0.3 is 9.47 Å². The number of hydrogen-bond acceptors (Lipinski definition) is 2. The normalized spacial score (nSPS) is 19.9.